The number of alkyl halides is 3. The Kier molecular flexibility index (Phi) is 3.82. The second-order valence-electron chi connectivity index (χ2n) is 5.51. The molecule has 0 saturated carbocycles. The number of rotatable bonds is 2. The predicted molar refractivity (Wildman–Crippen MR) is 72.5 cm³/mol. The molecule has 0 bridgehead atoms. The van der Waals surface area contributed by atoms with Crippen LogP contribution in [0.15, 0.2) is 12.4 Å². The van der Waals surface area contributed by atoms with Crippen LogP contribution in [0.3, 0.4) is 0 Å². The van der Waals surface area contributed by atoms with Gasteiger partial charge in [0.15, 0.2) is 0 Å². The minimum absolute atomic E-state index is 0.232. The van der Waals surface area contributed by atoms with Gasteiger partial charge in [-0.1, -0.05) is 5.21 Å². The molecule has 2 aromatic heterocycles. The molecule has 7 nitrogen and oxygen atoms in total. The predicted octanol–water partition coefficient (Wildman–Crippen LogP) is 1.58. The molecule has 0 radical (unpaired) electrons. The van der Waals surface area contributed by atoms with E-state index in [1.807, 2.05) is 0 Å². The van der Waals surface area contributed by atoms with Crippen LogP contribution in [0.5, 0.6) is 0 Å². The van der Waals surface area contributed by atoms with E-state index in [9.17, 15) is 18.0 Å². The van der Waals surface area contributed by atoms with Gasteiger partial charge in [0.1, 0.15) is 17.2 Å². The molecule has 3 heterocycles. The summed E-state index contributed by atoms with van der Waals surface area (Å²) in [6.07, 6.45) is -0.903. The number of likely N-dealkylation sites (tertiary alicyclic amines) is 1. The lowest BCUT2D eigenvalue weighted by molar-refractivity contribution is -0.141. The summed E-state index contributed by atoms with van der Waals surface area (Å²) in [4.78, 5) is 20.2. The number of hydrogen-bond donors (Lipinski definition) is 1. The summed E-state index contributed by atoms with van der Waals surface area (Å²) in [6, 6.07) is 0. The summed E-state index contributed by atoms with van der Waals surface area (Å²) in [7, 11) is 1.61. The number of halogens is 3. The third-order valence-electron chi connectivity index (χ3n) is 3.93. The normalized spacial score (nSPS) is 19.1. The van der Waals surface area contributed by atoms with Crippen LogP contribution in [0.1, 0.15) is 40.8 Å². The maximum absolute atomic E-state index is 12.7. The van der Waals surface area contributed by atoms with Crippen LogP contribution in [0.2, 0.25) is 0 Å². The third kappa shape index (κ3) is 3.06. The number of hydrogen-bond acceptors (Lipinski definition) is 4. The lowest BCUT2D eigenvalue weighted by Crippen LogP contribution is -2.40. The molecule has 3 rings (SSSR count). The SMILES string of the molecule is Cn1nncc1C(=O)N1CCC[C@@H](c2ncc(C(F)(F)F)[nH]2)C1. The largest absolute Gasteiger partial charge is 0.432 e. The zero-order valence-electron chi connectivity index (χ0n) is 12.3. The highest BCUT2D eigenvalue weighted by atomic mass is 19.4. The quantitative estimate of drug-likeness (QED) is 0.908. The molecule has 1 aliphatic heterocycles. The van der Waals surface area contributed by atoms with E-state index in [2.05, 4.69) is 20.3 Å². The Morgan fingerprint density at radius 3 is 2.78 bits per heavy atom. The van der Waals surface area contributed by atoms with Gasteiger partial charge in [-0.2, -0.15) is 13.2 Å². The van der Waals surface area contributed by atoms with E-state index in [0.29, 0.717) is 31.6 Å². The lowest BCUT2D eigenvalue weighted by atomic mass is 9.97. The highest BCUT2D eigenvalue weighted by Gasteiger charge is 2.35. The van der Waals surface area contributed by atoms with Gasteiger partial charge in [-0.05, 0) is 12.8 Å². The van der Waals surface area contributed by atoms with Crippen molar-refractivity contribution < 1.29 is 18.0 Å². The average Bonchev–Trinajstić information content (AvgIpc) is 3.15. The number of H-pyrrole nitrogens is 1. The van der Waals surface area contributed by atoms with Crippen molar-refractivity contribution in [3.8, 4) is 0 Å². The van der Waals surface area contributed by atoms with Crippen molar-refractivity contribution in [2.45, 2.75) is 24.9 Å². The summed E-state index contributed by atoms with van der Waals surface area (Å²) in [6.45, 7) is 0.863. The Morgan fingerprint density at radius 2 is 2.17 bits per heavy atom. The van der Waals surface area contributed by atoms with Gasteiger partial charge in [-0.15, -0.1) is 5.10 Å². The second kappa shape index (κ2) is 5.67. The van der Waals surface area contributed by atoms with E-state index < -0.39 is 11.9 Å². The van der Waals surface area contributed by atoms with Crippen molar-refractivity contribution in [2.24, 2.45) is 7.05 Å². The van der Waals surface area contributed by atoms with Crippen LogP contribution in [-0.4, -0.2) is 48.9 Å². The molecular weight excluding hydrogens is 313 g/mol. The lowest BCUT2D eigenvalue weighted by Gasteiger charge is -2.31. The Morgan fingerprint density at radius 1 is 1.39 bits per heavy atom. The van der Waals surface area contributed by atoms with E-state index in [4.69, 9.17) is 0 Å². The minimum Gasteiger partial charge on any atom is -0.338 e. The fourth-order valence-electron chi connectivity index (χ4n) is 2.72. The number of nitrogens with one attached hydrogen (secondary N) is 1. The Balaban J connectivity index is 1.75. The maximum atomic E-state index is 12.7. The van der Waals surface area contributed by atoms with Crippen molar-refractivity contribution in [1.29, 1.82) is 0 Å². The number of imidazole rings is 1. The number of aromatic nitrogens is 5. The molecule has 1 amide bonds. The summed E-state index contributed by atoms with van der Waals surface area (Å²) in [5.41, 5.74) is -0.520. The molecule has 0 aliphatic carbocycles. The second-order valence-corrected chi connectivity index (χ2v) is 5.51. The summed E-state index contributed by atoms with van der Waals surface area (Å²) >= 11 is 0. The molecule has 2 aromatic rings. The van der Waals surface area contributed by atoms with Crippen LogP contribution in [0.25, 0.3) is 0 Å². The van der Waals surface area contributed by atoms with E-state index in [1.165, 1.54) is 10.9 Å². The molecule has 10 heteroatoms. The average molecular weight is 328 g/mol. The first kappa shape index (κ1) is 15.5. The molecule has 0 unspecified atom stereocenters. The molecule has 1 saturated heterocycles. The minimum atomic E-state index is -4.45. The Hall–Kier alpha value is -2.39. The number of amides is 1. The molecule has 1 atom stereocenters. The van der Waals surface area contributed by atoms with Gasteiger partial charge < -0.3 is 9.88 Å². The van der Waals surface area contributed by atoms with Gasteiger partial charge in [0.05, 0.1) is 12.4 Å². The number of carbonyl (C=O) groups is 1. The number of nitrogens with zero attached hydrogens (tertiary/aromatic N) is 5. The first-order chi connectivity index (χ1) is 10.9. The van der Waals surface area contributed by atoms with Crippen LogP contribution in [-0.2, 0) is 13.2 Å². The van der Waals surface area contributed by atoms with E-state index in [1.54, 1.807) is 11.9 Å². The van der Waals surface area contributed by atoms with Crippen molar-refractivity contribution in [2.75, 3.05) is 13.1 Å². The number of piperidine rings is 1. The first-order valence-electron chi connectivity index (χ1n) is 7.12. The summed E-state index contributed by atoms with van der Waals surface area (Å²) < 4.78 is 39.3. The highest BCUT2D eigenvalue weighted by molar-refractivity contribution is 5.92. The molecule has 1 fully saturated rings. The van der Waals surface area contributed by atoms with Gasteiger partial charge in [0.25, 0.3) is 5.91 Å². The summed E-state index contributed by atoms with van der Waals surface area (Å²) in [5, 5.41) is 7.38. The highest BCUT2D eigenvalue weighted by Crippen LogP contribution is 2.31. The zero-order chi connectivity index (χ0) is 16.6. The number of aromatic amines is 1. The topological polar surface area (TPSA) is 79.7 Å². The molecule has 0 aromatic carbocycles. The number of aryl methyl sites for hydroxylation is 1. The first-order valence-corrected chi connectivity index (χ1v) is 7.12. The Bertz CT molecular complexity index is 707. The van der Waals surface area contributed by atoms with Crippen molar-refractivity contribution in [1.82, 2.24) is 29.9 Å². The molecule has 1 aliphatic rings. The van der Waals surface area contributed by atoms with Crippen molar-refractivity contribution in [3.63, 3.8) is 0 Å². The fourth-order valence-corrected chi connectivity index (χ4v) is 2.72. The van der Waals surface area contributed by atoms with Crippen molar-refractivity contribution in [3.05, 3.63) is 29.6 Å². The van der Waals surface area contributed by atoms with Gasteiger partial charge in [-0.25, -0.2) is 9.67 Å². The van der Waals surface area contributed by atoms with E-state index >= 15 is 0 Å². The zero-order valence-corrected chi connectivity index (χ0v) is 12.3. The smallest absolute Gasteiger partial charge is 0.338 e. The number of carbonyl (C=O) groups excluding carboxylic acids is 1. The van der Waals surface area contributed by atoms with Crippen LogP contribution < -0.4 is 0 Å². The molecular formula is C13H15F3N6O. The van der Waals surface area contributed by atoms with E-state index in [0.717, 1.165) is 6.20 Å². The third-order valence-corrected chi connectivity index (χ3v) is 3.93. The summed E-state index contributed by atoms with van der Waals surface area (Å²) in [5.74, 6) is -0.215. The molecule has 1 N–H and O–H groups in total. The van der Waals surface area contributed by atoms with Crippen LogP contribution in [0.4, 0.5) is 13.2 Å². The van der Waals surface area contributed by atoms with Crippen molar-refractivity contribution >= 4 is 5.91 Å². The monoisotopic (exact) mass is 328 g/mol. The van der Waals surface area contributed by atoms with Gasteiger partial charge in [-0.3, -0.25) is 4.79 Å². The van der Waals surface area contributed by atoms with Crippen LogP contribution in [0, 0.1) is 0 Å². The van der Waals surface area contributed by atoms with E-state index in [-0.39, 0.29) is 17.6 Å². The van der Waals surface area contributed by atoms with Gasteiger partial charge >= 0.3 is 6.18 Å². The van der Waals surface area contributed by atoms with Gasteiger partial charge in [0, 0.05) is 26.1 Å². The van der Waals surface area contributed by atoms with Crippen LogP contribution >= 0.6 is 0 Å². The molecule has 124 valence electrons. The molecule has 0 spiro atoms. The maximum Gasteiger partial charge on any atom is 0.432 e. The Labute approximate surface area is 129 Å². The van der Waals surface area contributed by atoms with Gasteiger partial charge in [0.2, 0.25) is 0 Å². The molecule has 23 heavy (non-hydrogen) atoms. The standard InChI is InChI=1S/C13H15F3N6O/c1-21-9(5-18-20-21)12(23)22-4-2-3-8(7-22)11-17-6-10(19-11)13(14,15)16/h5-6,8H,2-4,7H2,1H3,(H,17,19)/t8-/m1/s1. The fraction of sp³-hybridized carbons (Fsp3) is 0.538.